The molecule has 1 atom stereocenters. The predicted molar refractivity (Wildman–Crippen MR) is 97.8 cm³/mol. The molecule has 3 aromatic heterocycles. The molecule has 1 unspecified atom stereocenters. The van der Waals surface area contributed by atoms with Gasteiger partial charge in [-0.2, -0.15) is 4.98 Å². The highest BCUT2D eigenvalue weighted by atomic mass is 33.1. The van der Waals surface area contributed by atoms with Crippen LogP contribution in [0.3, 0.4) is 0 Å². The molecule has 0 aliphatic carbocycles. The maximum atomic E-state index is 5.15. The van der Waals surface area contributed by atoms with Gasteiger partial charge in [-0.05, 0) is 32.9 Å². The zero-order chi connectivity index (χ0) is 17.1. The van der Waals surface area contributed by atoms with E-state index in [4.69, 9.17) is 4.74 Å². The summed E-state index contributed by atoms with van der Waals surface area (Å²) >= 11 is 0. The van der Waals surface area contributed by atoms with Gasteiger partial charge in [0.1, 0.15) is 0 Å². The molecule has 0 bridgehead atoms. The molecule has 7 nitrogen and oxygen atoms in total. The standard InChI is InChI=1S/C16H15N6OS2/c1-23-14-8-7-13-11-25(19-15(13)17-14)24-16-18-20-21-22(16)10-9-12-5-3-2-4-6-12/h2-8,11H,9-10H2,1H3/q+1. The van der Waals surface area contributed by atoms with Crippen molar-refractivity contribution < 1.29 is 4.74 Å². The topological polar surface area (TPSA) is 78.6 Å². The first-order chi connectivity index (χ1) is 12.3. The van der Waals surface area contributed by atoms with Gasteiger partial charge in [0.2, 0.25) is 22.3 Å². The Kier molecular flexibility index (Phi) is 4.57. The van der Waals surface area contributed by atoms with E-state index in [9.17, 15) is 0 Å². The number of nitrogens with zero attached hydrogens (tertiary/aromatic N) is 6. The van der Waals surface area contributed by atoms with E-state index in [1.807, 2.05) is 35.0 Å². The summed E-state index contributed by atoms with van der Waals surface area (Å²) in [5.74, 6) is 0.569. The molecule has 9 heteroatoms. The molecule has 0 saturated carbocycles. The first kappa shape index (κ1) is 16.0. The number of tetrazole rings is 1. The van der Waals surface area contributed by atoms with E-state index in [1.165, 1.54) is 5.56 Å². The van der Waals surface area contributed by atoms with E-state index in [2.05, 4.69) is 42.4 Å². The number of rotatable bonds is 6. The highest BCUT2D eigenvalue weighted by Crippen LogP contribution is 2.38. The van der Waals surface area contributed by atoms with Gasteiger partial charge in [-0.1, -0.05) is 35.4 Å². The van der Waals surface area contributed by atoms with Gasteiger partial charge < -0.3 is 4.74 Å². The van der Waals surface area contributed by atoms with Crippen LogP contribution in [0.2, 0.25) is 0 Å². The van der Waals surface area contributed by atoms with Crippen LogP contribution in [0.5, 0.6) is 5.88 Å². The quantitative estimate of drug-likeness (QED) is 0.380. The lowest BCUT2D eigenvalue weighted by Gasteiger charge is -2.01. The first-order valence-electron chi connectivity index (χ1n) is 7.65. The van der Waals surface area contributed by atoms with Crippen LogP contribution in [-0.4, -0.2) is 36.7 Å². The third kappa shape index (κ3) is 3.62. The summed E-state index contributed by atoms with van der Waals surface area (Å²) in [6.07, 6.45) is 0.882. The second kappa shape index (κ2) is 7.16. The first-order valence-corrected chi connectivity index (χ1v) is 10.2. The number of fused-ring (bicyclic) bond motifs is 1. The number of hydrogen-bond acceptors (Lipinski definition) is 7. The highest BCUT2D eigenvalue weighted by Gasteiger charge is 2.21. The smallest absolute Gasteiger partial charge is 0.268 e. The van der Waals surface area contributed by atoms with Crippen molar-refractivity contribution in [1.29, 1.82) is 0 Å². The Balaban J connectivity index is 1.50. The molecule has 4 aromatic rings. The Morgan fingerprint density at radius 3 is 2.88 bits per heavy atom. The third-order valence-corrected chi connectivity index (χ3v) is 6.50. The molecule has 1 aromatic carbocycles. The zero-order valence-corrected chi connectivity index (χ0v) is 15.1. The van der Waals surface area contributed by atoms with Crippen molar-refractivity contribution in [3.63, 3.8) is 0 Å². The zero-order valence-electron chi connectivity index (χ0n) is 13.4. The van der Waals surface area contributed by atoms with Crippen LogP contribution in [0.4, 0.5) is 0 Å². The fourth-order valence-electron chi connectivity index (χ4n) is 2.34. The second-order valence-electron chi connectivity index (χ2n) is 5.26. The third-order valence-electron chi connectivity index (χ3n) is 3.61. The molecule has 126 valence electrons. The van der Waals surface area contributed by atoms with Crippen LogP contribution in [0.25, 0.3) is 11.0 Å². The Hall–Kier alpha value is -2.52. The van der Waals surface area contributed by atoms with Crippen molar-refractivity contribution in [2.75, 3.05) is 7.11 Å². The Bertz CT molecular complexity index is 985. The van der Waals surface area contributed by atoms with Crippen molar-refractivity contribution in [2.24, 2.45) is 0 Å². The molecular weight excluding hydrogens is 356 g/mol. The summed E-state index contributed by atoms with van der Waals surface area (Å²) < 4.78 is 11.6. The molecule has 0 spiro atoms. The van der Waals surface area contributed by atoms with E-state index >= 15 is 0 Å². The molecule has 0 fully saturated rings. The molecule has 0 radical (unpaired) electrons. The molecule has 25 heavy (non-hydrogen) atoms. The average molecular weight is 371 g/mol. The largest absolute Gasteiger partial charge is 0.481 e. The molecule has 0 aliphatic rings. The maximum absolute atomic E-state index is 5.15. The molecule has 0 N–H and O–H groups in total. The lowest BCUT2D eigenvalue weighted by molar-refractivity contribution is 0.399. The number of methoxy groups -OCH3 is 1. The van der Waals surface area contributed by atoms with Crippen LogP contribution >= 0.6 is 20.5 Å². The van der Waals surface area contributed by atoms with E-state index in [-0.39, 0.29) is 9.70 Å². The van der Waals surface area contributed by atoms with Gasteiger partial charge in [0.15, 0.2) is 15.1 Å². The summed E-state index contributed by atoms with van der Waals surface area (Å²) in [5.41, 5.74) is 1.97. The van der Waals surface area contributed by atoms with Gasteiger partial charge in [0.05, 0.1) is 12.5 Å². The van der Waals surface area contributed by atoms with Crippen LogP contribution in [0.1, 0.15) is 5.56 Å². The molecule has 4 rings (SSSR count). The summed E-state index contributed by atoms with van der Waals surface area (Å²) in [7, 11) is 2.75. The number of ether oxygens (including phenoxy) is 1. The van der Waals surface area contributed by atoms with Crippen molar-refractivity contribution in [3.8, 4) is 5.88 Å². The Morgan fingerprint density at radius 2 is 2.04 bits per heavy atom. The Morgan fingerprint density at radius 1 is 1.16 bits per heavy atom. The number of aryl methyl sites for hydroxylation is 2. The molecule has 0 amide bonds. The lowest BCUT2D eigenvalue weighted by Crippen LogP contribution is -2.04. The predicted octanol–water partition coefficient (Wildman–Crippen LogP) is 3.17. The summed E-state index contributed by atoms with van der Waals surface area (Å²) in [6, 6.07) is 14.1. The van der Waals surface area contributed by atoms with Gasteiger partial charge in [0, 0.05) is 12.6 Å². The van der Waals surface area contributed by atoms with Crippen LogP contribution < -0.4 is 4.74 Å². The second-order valence-corrected chi connectivity index (χ2v) is 8.28. The van der Waals surface area contributed by atoms with E-state index in [0.717, 1.165) is 23.5 Å². The van der Waals surface area contributed by atoms with Gasteiger partial charge in [-0.25, -0.2) is 4.68 Å². The fourth-order valence-corrected chi connectivity index (χ4v) is 5.22. The van der Waals surface area contributed by atoms with Gasteiger partial charge in [-0.3, -0.25) is 0 Å². The minimum absolute atomic E-state index is 0.386. The van der Waals surface area contributed by atoms with Crippen LogP contribution in [0, 0.1) is 0 Å². The van der Waals surface area contributed by atoms with E-state index < -0.39 is 0 Å². The van der Waals surface area contributed by atoms with E-state index in [1.54, 1.807) is 17.9 Å². The van der Waals surface area contributed by atoms with Crippen molar-refractivity contribution in [2.45, 2.75) is 18.1 Å². The van der Waals surface area contributed by atoms with Gasteiger partial charge in [0.25, 0.3) is 5.16 Å². The van der Waals surface area contributed by atoms with Gasteiger partial charge in [-0.15, -0.1) is 0 Å². The van der Waals surface area contributed by atoms with E-state index in [0.29, 0.717) is 11.5 Å². The SMILES string of the molecule is COc1ccc2c[s+](Sc3nnnn3CCc3ccccc3)nc2n1. The van der Waals surface area contributed by atoms with Crippen molar-refractivity contribution in [3.05, 3.63) is 53.4 Å². The average Bonchev–Trinajstić information content (AvgIpc) is 3.26. The minimum atomic E-state index is -0.386. The highest BCUT2D eigenvalue weighted by molar-refractivity contribution is 8.44. The lowest BCUT2D eigenvalue weighted by atomic mass is 10.2. The van der Waals surface area contributed by atoms with Crippen LogP contribution in [-0.2, 0) is 13.0 Å². The van der Waals surface area contributed by atoms with Crippen LogP contribution in [0.15, 0.2) is 53.0 Å². The summed E-state index contributed by atoms with van der Waals surface area (Å²) in [4.78, 5) is 4.36. The van der Waals surface area contributed by atoms with Gasteiger partial charge >= 0.3 is 0 Å². The monoisotopic (exact) mass is 371 g/mol. The number of hydrogen-bond donors (Lipinski definition) is 0. The number of aromatic nitrogens is 6. The fraction of sp³-hybridized carbons (Fsp3) is 0.188. The molecule has 3 heterocycles. The molecular formula is C16H15N6OS2+. The maximum Gasteiger partial charge on any atom is 0.268 e. The molecule has 0 aliphatic heterocycles. The molecule has 0 saturated heterocycles. The normalized spacial score (nSPS) is 11.8. The summed E-state index contributed by atoms with van der Waals surface area (Å²) in [6.45, 7) is 0.732. The van der Waals surface area contributed by atoms with Crippen molar-refractivity contribution >= 4 is 31.5 Å². The number of pyridine rings is 1. The minimum Gasteiger partial charge on any atom is -0.481 e. The van der Waals surface area contributed by atoms with Crippen molar-refractivity contribution in [1.82, 2.24) is 29.6 Å². The Labute approximate surface area is 150 Å². The number of benzene rings is 1. The summed E-state index contributed by atoms with van der Waals surface area (Å²) in [5, 5.41) is 15.9.